The molecule has 1 saturated carbocycles. The van der Waals surface area contributed by atoms with Crippen molar-refractivity contribution in [2.24, 2.45) is 5.92 Å². The van der Waals surface area contributed by atoms with E-state index in [2.05, 4.69) is 17.1 Å². The average Bonchev–Trinajstić information content (AvgIpc) is 2.91. The van der Waals surface area contributed by atoms with E-state index < -0.39 is 0 Å². The Hall–Kier alpha value is -1.09. The highest BCUT2D eigenvalue weighted by Gasteiger charge is 2.27. The lowest BCUT2D eigenvalue weighted by Crippen LogP contribution is -2.51. The molecule has 1 N–H and O–H groups in total. The fourth-order valence-electron chi connectivity index (χ4n) is 3.78. The standard InChI is InChI=1S/C17H25FN2/c1-13-9-16(19-15-6-2-3-7-15)12-20(11-13)17-8-4-5-14(18)10-17/h4-5,8,10,13,15-16,19H,2-3,6-7,9,11-12H2,1H3. The molecule has 0 bridgehead atoms. The first kappa shape index (κ1) is 13.9. The van der Waals surface area contributed by atoms with Crippen LogP contribution in [0.4, 0.5) is 10.1 Å². The maximum absolute atomic E-state index is 13.4. The molecular formula is C17H25FN2. The van der Waals surface area contributed by atoms with Gasteiger partial charge in [0.2, 0.25) is 0 Å². The van der Waals surface area contributed by atoms with Gasteiger partial charge in [-0.15, -0.1) is 0 Å². The van der Waals surface area contributed by atoms with Gasteiger partial charge in [-0.2, -0.15) is 0 Å². The fourth-order valence-corrected chi connectivity index (χ4v) is 3.78. The molecule has 1 saturated heterocycles. The Morgan fingerprint density at radius 1 is 1.15 bits per heavy atom. The second-order valence-corrected chi connectivity index (χ2v) is 6.57. The summed E-state index contributed by atoms with van der Waals surface area (Å²) in [6.07, 6.45) is 6.62. The van der Waals surface area contributed by atoms with Crippen molar-refractivity contribution in [2.45, 2.75) is 51.1 Å². The number of rotatable bonds is 3. The predicted molar refractivity (Wildman–Crippen MR) is 81.6 cm³/mol. The largest absolute Gasteiger partial charge is 0.370 e. The summed E-state index contributed by atoms with van der Waals surface area (Å²) in [5, 5.41) is 3.83. The highest BCUT2D eigenvalue weighted by molar-refractivity contribution is 5.47. The van der Waals surface area contributed by atoms with Crippen LogP contribution in [-0.2, 0) is 0 Å². The lowest BCUT2D eigenvalue weighted by Gasteiger charge is -2.39. The van der Waals surface area contributed by atoms with E-state index in [4.69, 9.17) is 0 Å². The molecular weight excluding hydrogens is 251 g/mol. The van der Waals surface area contributed by atoms with Crippen LogP contribution in [0.1, 0.15) is 39.0 Å². The summed E-state index contributed by atoms with van der Waals surface area (Å²) in [6.45, 7) is 4.34. The first-order chi connectivity index (χ1) is 9.70. The van der Waals surface area contributed by atoms with Crippen molar-refractivity contribution >= 4 is 5.69 Å². The van der Waals surface area contributed by atoms with E-state index in [1.54, 1.807) is 6.07 Å². The van der Waals surface area contributed by atoms with E-state index in [0.717, 1.165) is 18.8 Å². The van der Waals surface area contributed by atoms with Gasteiger partial charge >= 0.3 is 0 Å². The van der Waals surface area contributed by atoms with Crippen molar-refractivity contribution in [3.8, 4) is 0 Å². The van der Waals surface area contributed by atoms with E-state index in [0.29, 0.717) is 18.0 Å². The molecule has 20 heavy (non-hydrogen) atoms. The summed E-state index contributed by atoms with van der Waals surface area (Å²) in [4.78, 5) is 2.34. The first-order valence-electron chi connectivity index (χ1n) is 7.97. The Bertz CT molecular complexity index is 442. The summed E-state index contributed by atoms with van der Waals surface area (Å²) in [6, 6.07) is 8.26. The maximum atomic E-state index is 13.4. The Labute approximate surface area is 121 Å². The Kier molecular flexibility index (Phi) is 4.25. The molecule has 1 heterocycles. The molecule has 1 aliphatic carbocycles. The van der Waals surface area contributed by atoms with E-state index in [-0.39, 0.29) is 5.82 Å². The monoisotopic (exact) mass is 276 g/mol. The highest BCUT2D eigenvalue weighted by atomic mass is 19.1. The van der Waals surface area contributed by atoms with Crippen molar-refractivity contribution in [1.29, 1.82) is 0 Å². The minimum Gasteiger partial charge on any atom is -0.370 e. The van der Waals surface area contributed by atoms with E-state index in [1.165, 1.54) is 38.2 Å². The zero-order chi connectivity index (χ0) is 13.9. The SMILES string of the molecule is CC1CC(NC2CCCC2)CN(c2cccc(F)c2)C1. The van der Waals surface area contributed by atoms with Crippen LogP contribution in [0.5, 0.6) is 0 Å². The van der Waals surface area contributed by atoms with Crippen LogP contribution in [0.25, 0.3) is 0 Å². The third kappa shape index (κ3) is 3.32. The molecule has 1 aromatic carbocycles. The van der Waals surface area contributed by atoms with Crippen LogP contribution >= 0.6 is 0 Å². The van der Waals surface area contributed by atoms with Crippen LogP contribution in [-0.4, -0.2) is 25.2 Å². The normalized spacial score (nSPS) is 28.0. The second kappa shape index (κ2) is 6.13. The molecule has 0 aromatic heterocycles. The zero-order valence-corrected chi connectivity index (χ0v) is 12.3. The van der Waals surface area contributed by atoms with Crippen LogP contribution in [0.15, 0.2) is 24.3 Å². The van der Waals surface area contributed by atoms with Gasteiger partial charge in [-0.25, -0.2) is 4.39 Å². The van der Waals surface area contributed by atoms with Crippen LogP contribution < -0.4 is 10.2 Å². The first-order valence-corrected chi connectivity index (χ1v) is 7.97. The number of halogens is 1. The van der Waals surface area contributed by atoms with Crippen molar-refractivity contribution in [1.82, 2.24) is 5.32 Å². The van der Waals surface area contributed by atoms with Gasteiger partial charge < -0.3 is 10.2 Å². The lowest BCUT2D eigenvalue weighted by atomic mass is 9.94. The van der Waals surface area contributed by atoms with Crippen LogP contribution in [0, 0.1) is 11.7 Å². The fraction of sp³-hybridized carbons (Fsp3) is 0.647. The summed E-state index contributed by atoms with van der Waals surface area (Å²) < 4.78 is 13.4. The number of nitrogens with zero attached hydrogens (tertiary/aromatic N) is 1. The van der Waals surface area contributed by atoms with Gasteiger partial charge in [0.15, 0.2) is 0 Å². The zero-order valence-electron chi connectivity index (χ0n) is 12.3. The van der Waals surface area contributed by atoms with Crippen LogP contribution in [0.3, 0.4) is 0 Å². The molecule has 3 rings (SSSR count). The van der Waals surface area contributed by atoms with Gasteiger partial charge in [0.25, 0.3) is 0 Å². The summed E-state index contributed by atoms with van der Waals surface area (Å²) in [5.41, 5.74) is 1.02. The van der Waals surface area contributed by atoms with Gasteiger partial charge in [0.1, 0.15) is 5.82 Å². The van der Waals surface area contributed by atoms with Gasteiger partial charge in [0.05, 0.1) is 0 Å². The van der Waals surface area contributed by atoms with Crippen molar-refractivity contribution in [2.75, 3.05) is 18.0 Å². The minimum atomic E-state index is -0.138. The third-order valence-electron chi connectivity index (χ3n) is 4.66. The maximum Gasteiger partial charge on any atom is 0.125 e. The quantitative estimate of drug-likeness (QED) is 0.908. The second-order valence-electron chi connectivity index (χ2n) is 6.57. The molecule has 1 aliphatic heterocycles. The Morgan fingerprint density at radius 2 is 1.95 bits per heavy atom. The highest BCUT2D eigenvalue weighted by Crippen LogP contribution is 2.26. The molecule has 110 valence electrons. The Morgan fingerprint density at radius 3 is 2.70 bits per heavy atom. The molecule has 2 atom stereocenters. The molecule has 2 unspecified atom stereocenters. The van der Waals surface area contributed by atoms with E-state index in [1.807, 2.05) is 12.1 Å². The predicted octanol–water partition coefficient (Wildman–Crippen LogP) is 3.57. The van der Waals surface area contributed by atoms with Crippen molar-refractivity contribution in [3.05, 3.63) is 30.1 Å². The number of benzene rings is 1. The van der Waals surface area contributed by atoms with E-state index in [9.17, 15) is 4.39 Å². The molecule has 2 aliphatic rings. The van der Waals surface area contributed by atoms with Gasteiger partial charge in [0, 0.05) is 30.9 Å². The number of anilines is 1. The minimum absolute atomic E-state index is 0.138. The molecule has 3 heteroatoms. The molecule has 0 radical (unpaired) electrons. The lowest BCUT2D eigenvalue weighted by molar-refractivity contribution is 0.322. The van der Waals surface area contributed by atoms with Gasteiger partial charge in [-0.1, -0.05) is 25.8 Å². The summed E-state index contributed by atoms with van der Waals surface area (Å²) >= 11 is 0. The smallest absolute Gasteiger partial charge is 0.125 e. The molecule has 0 spiro atoms. The number of piperidine rings is 1. The summed E-state index contributed by atoms with van der Waals surface area (Å²) in [7, 11) is 0. The van der Waals surface area contributed by atoms with Crippen LogP contribution in [0.2, 0.25) is 0 Å². The number of hydrogen-bond acceptors (Lipinski definition) is 2. The number of nitrogens with one attached hydrogen (secondary N) is 1. The summed E-state index contributed by atoms with van der Waals surface area (Å²) in [5.74, 6) is 0.520. The van der Waals surface area contributed by atoms with Gasteiger partial charge in [-0.3, -0.25) is 0 Å². The topological polar surface area (TPSA) is 15.3 Å². The molecule has 2 nitrogen and oxygen atoms in total. The Balaban J connectivity index is 1.66. The average molecular weight is 276 g/mol. The molecule has 1 aromatic rings. The third-order valence-corrected chi connectivity index (χ3v) is 4.66. The van der Waals surface area contributed by atoms with E-state index >= 15 is 0 Å². The van der Waals surface area contributed by atoms with Crippen molar-refractivity contribution in [3.63, 3.8) is 0 Å². The number of hydrogen-bond donors (Lipinski definition) is 1. The van der Waals surface area contributed by atoms with Crippen molar-refractivity contribution < 1.29 is 4.39 Å². The molecule has 2 fully saturated rings. The van der Waals surface area contributed by atoms with Gasteiger partial charge in [-0.05, 0) is 43.4 Å². The molecule has 0 amide bonds.